The smallest absolute Gasteiger partial charge is 0.216 e. The van der Waals surface area contributed by atoms with E-state index in [0.29, 0.717) is 18.9 Å². The van der Waals surface area contributed by atoms with E-state index >= 15 is 0 Å². The number of aromatic nitrogens is 3. The van der Waals surface area contributed by atoms with E-state index in [1.165, 1.54) is 4.70 Å². The monoisotopic (exact) mass is 404 g/mol. The lowest BCUT2D eigenvalue weighted by molar-refractivity contribution is 0.0235. The second kappa shape index (κ2) is 7.60. The maximum atomic E-state index is 5.88. The fourth-order valence-electron chi connectivity index (χ4n) is 4.11. The summed E-state index contributed by atoms with van der Waals surface area (Å²) in [6.07, 6.45) is 5.20. The van der Waals surface area contributed by atoms with Crippen LogP contribution >= 0.6 is 23.6 Å². The summed E-state index contributed by atoms with van der Waals surface area (Å²) < 4.78 is 17.8. The van der Waals surface area contributed by atoms with Gasteiger partial charge in [0.05, 0.1) is 29.1 Å². The van der Waals surface area contributed by atoms with E-state index < -0.39 is 0 Å². The largest absolute Gasteiger partial charge is 0.377 e. The van der Waals surface area contributed by atoms with Gasteiger partial charge in [-0.1, -0.05) is 23.5 Å². The minimum absolute atomic E-state index is 0.310. The Kier molecular flexibility index (Phi) is 5.00. The highest BCUT2D eigenvalue weighted by Gasteiger charge is 2.25. The molecule has 2 aliphatic rings. The minimum atomic E-state index is 0.310. The quantitative estimate of drug-likeness (QED) is 0.586. The van der Waals surface area contributed by atoms with Gasteiger partial charge < -0.3 is 9.47 Å². The number of ether oxygens (including phenoxy) is 2. The van der Waals surface area contributed by atoms with Gasteiger partial charge >= 0.3 is 0 Å². The molecule has 0 unspecified atom stereocenters. The normalized spacial score (nSPS) is 23.3. The van der Waals surface area contributed by atoms with Gasteiger partial charge in [-0.2, -0.15) is 0 Å². The van der Waals surface area contributed by atoms with Gasteiger partial charge in [0, 0.05) is 26.3 Å². The van der Waals surface area contributed by atoms with Crippen LogP contribution in [0.1, 0.15) is 25.7 Å². The van der Waals surface area contributed by atoms with Crippen LogP contribution in [-0.4, -0.2) is 57.6 Å². The van der Waals surface area contributed by atoms with Crippen molar-refractivity contribution >= 4 is 38.7 Å². The van der Waals surface area contributed by atoms with Crippen LogP contribution < -0.4 is 0 Å². The average Bonchev–Trinajstić information content (AvgIpc) is 3.43. The Balaban J connectivity index is 1.42. The van der Waals surface area contributed by atoms with Crippen LogP contribution in [0.3, 0.4) is 0 Å². The third-order valence-corrected chi connectivity index (χ3v) is 6.83. The van der Waals surface area contributed by atoms with Gasteiger partial charge in [-0.15, -0.1) is 5.10 Å². The molecule has 0 bridgehead atoms. The number of para-hydroxylation sites is 1. The number of hydrogen-bond acceptors (Lipinski definition) is 6. The molecule has 0 aliphatic carbocycles. The summed E-state index contributed by atoms with van der Waals surface area (Å²) in [4.78, 5) is 3.36. The molecule has 2 atom stereocenters. The van der Waals surface area contributed by atoms with E-state index in [1.807, 2.05) is 4.68 Å². The molecule has 0 amide bonds. The van der Waals surface area contributed by atoms with Crippen LogP contribution in [-0.2, 0) is 16.1 Å². The van der Waals surface area contributed by atoms with E-state index in [0.717, 1.165) is 67.2 Å². The van der Waals surface area contributed by atoms with Crippen LogP contribution in [0.25, 0.3) is 15.2 Å². The fraction of sp³-hybridized carbons (Fsp3) is 0.579. The van der Waals surface area contributed by atoms with Gasteiger partial charge in [0.2, 0.25) is 9.73 Å². The van der Waals surface area contributed by atoms with Crippen molar-refractivity contribution in [2.24, 2.45) is 0 Å². The minimum Gasteiger partial charge on any atom is -0.377 e. The molecule has 4 heterocycles. The van der Waals surface area contributed by atoms with Crippen LogP contribution in [0.5, 0.6) is 0 Å². The standard InChI is InChI=1S/C19H24N4O2S2/c26-19-22(20-18-23(19)16-7-1-2-8-17(16)27-18)13-21(11-14-5-3-9-24-14)12-15-6-4-10-25-15/h1-2,7-8,14-15H,3-6,9-13H2/t14-,15-/m1/s1. The Bertz CT molecular complexity index is 965. The topological polar surface area (TPSA) is 43.9 Å². The summed E-state index contributed by atoms with van der Waals surface area (Å²) in [5.74, 6) is 0. The Morgan fingerprint density at radius 3 is 2.48 bits per heavy atom. The fourth-order valence-corrected chi connectivity index (χ4v) is 5.47. The number of benzene rings is 1. The Morgan fingerprint density at radius 2 is 1.81 bits per heavy atom. The van der Waals surface area contributed by atoms with E-state index in [1.54, 1.807) is 11.3 Å². The first kappa shape index (κ1) is 17.8. The van der Waals surface area contributed by atoms with Crippen molar-refractivity contribution in [1.82, 2.24) is 19.1 Å². The average molecular weight is 405 g/mol. The molecule has 27 heavy (non-hydrogen) atoms. The van der Waals surface area contributed by atoms with Crippen molar-refractivity contribution in [2.75, 3.05) is 26.3 Å². The molecule has 144 valence electrons. The molecular formula is C19H24N4O2S2. The zero-order chi connectivity index (χ0) is 18.2. The molecule has 2 aromatic heterocycles. The summed E-state index contributed by atoms with van der Waals surface area (Å²) in [6, 6.07) is 8.33. The molecule has 0 radical (unpaired) electrons. The first-order valence-corrected chi connectivity index (χ1v) is 10.9. The molecule has 2 saturated heterocycles. The van der Waals surface area contributed by atoms with Crippen LogP contribution in [0.15, 0.2) is 24.3 Å². The number of nitrogens with zero attached hydrogens (tertiary/aromatic N) is 4. The number of rotatable bonds is 6. The van der Waals surface area contributed by atoms with Gasteiger partial charge in [-0.25, -0.2) is 4.68 Å². The van der Waals surface area contributed by atoms with Crippen LogP contribution in [0, 0.1) is 4.77 Å². The summed E-state index contributed by atoms with van der Waals surface area (Å²) in [7, 11) is 0. The van der Waals surface area contributed by atoms with Crippen molar-refractivity contribution in [3.8, 4) is 0 Å². The molecule has 8 heteroatoms. The summed E-state index contributed by atoms with van der Waals surface area (Å²) >= 11 is 7.46. The third-order valence-electron chi connectivity index (χ3n) is 5.42. The number of fused-ring (bicyclic) bond motifs is 3. The van der Waals surface area contributed by atoms with Gasteiger partial charge in [-0.05, 0) is 50.0 Å². The lowest BCUT2D eigenvalue weighted by Gasteiger charge is -2.27. The summed E-state index contributed by atoms with van der Waals surface area (Å²) in [6.45, 7) is 4.26. The van der Waals surface area contributed by atoms with E-state index in [-0.39, 0.29) is 0 Å². The van der Waals surface area contributed by atoms with Crippen molar-refractivity contribution in [1.29, 1.82) is 0 Å². The predicted molar refractivity (Wildman–Crippen MR) is 109 cm³/mol. The number of thiazole rings is 1. The molecule has 0 N–H and O–H groups in total. The molecule has 3 aromatic rings. The van der Waals surface area contributed by atoms with E-state index in [4.69, 9.17) is 26.8 Å². The predicted octanol–water partition coefficient (Wildman–Crippen LogP) is 3.70. The van der Waals surface area contributed by atoms with Gasteiger partial charge in [0.1, 0.15) is 0 Å². The summed E-state index contributed by atoms with van der Waals surface area (Å²) in [5.41, 5.74) is 1.14. The molecule has 1 aromatic carbocycles. The van der Waals surface area contributed by atoms with Gasteiger partial charge in [0.15, 0.2) is 0 Å². The van der Waals surface area contributed by atoms with Crippen LogP contribution in [0.2, 0.25) is 0 Å². The maximum absolute atomic E-state index is 5.88. The summed E-state index contributed by atoms with van der Waals surface area (Å²) in [5, 5.41) is 4.81. The highest BCUT2D eigenvalue weighted by molar-refractivity contribution is 7.71. The highest BCUT2D eigenvalue weighted by atomic mass is 32.1. The molecule has 0 spiro atoms. The first-order valence-electron chi connectivity index (χ1n) is 9.70. The van der Waals surface area contributed by atoms with Gasteiger partial charge in [0.25, 0.3) is 0 Å². The van der Waals surface area contributed by atoms with Crippen molar-refractivity contribution in [3.63, 3.8) is 0 Å². The Morgan fingerprint density at radius 1 is 1.11 bits per heavy atom. The highest BCUT2D eigenvalue weighted by Crippen LogP contribution is 2.26. The van der Waals surface area contributed by atoms with E-state index in [9.17, 15) is 0 Å². The van der Waals surface area contributed by atoms with E-state index in [2.05, 4.69) is 33.6 Å². The molecule has 6 nitrogen and oxygen atoms in total. The van der Waals surface area contributed by atoms with Crippen LogP contribution in [0.4, 0.5) is 0 Å². The zero-order valence-corrected chi connectivity index (χ0v) is 16.9. The molecule has 5 rings (SSSR count). The Hall–Kier alpha value is -1.32. The second-order valence-corrected chi connectivity index (χ2v) is 8.79. The lowest BCUT2D eigenvalue weighted by atomic mass is 10.2. The van der Waals surface area contributed by atoms with Crippen molar-refractivity contribution in [2.45, 2.75) is 44.6 Å². The second-order valence-electron chi connectivity index (χ2n) is 7.42. The maximum Gasteiger partial charge on any atom is 0.216 e. The van der Waals surface area contributed by atoms with Crippen molar-refractivity contribution in [3.05, 3.63) is 29.0 Å². The molecule has 2 fully saturated rings. The lowest BCUT2D eigenvalue weighted by Crippen LogP contribution is -2.39. The first-order chi connectivity index (χ1) is 13.3. The number of hydrogen-bond donors (Lipinski definition) is 0. The zero-order valence-electron chi connectivity index (χ0n) is 15.2. The molecule has 2 aliphatic heterocycles. The van der Waals surface area contributed by atoms with Crippen molar-refractivity contribution < 1.29 is 9.47 Å². The SMILES string of the molecule is S=c1n(CN(C[C@H]2CCCO2)C[C@H]2CCCO2)nc2sc3ccccc3n12. The molecular weight excluding hydrogens is 380 g/mol. The molecule has 0 saturated carbocycles. The van der Waals surface area contributed by atoms with Gasteiger partial charge in [-0.3, -0.25) is 9.30 Å². The third kappa shape index (κ3) is 3.56. The Labute approximate surface area is 167 Å².